The molecule has 18 heavy (non-hydrogen) atoms. The molecular weight excluding hydrogens is 230 g/mol. The highest BCUT2D eigenvalue weighted by molar-refractivity contribution is 6.20. The molecule has 1 unspecified atom stereocenters. The number of carbonyl (C=O) groups excluding carboxylic acids is 1. The lowest BCUT2D eigenvalue weighted by molar-refractivity contribution is -0.144. The van der Waals surface area contributed by atoms with Gasteiger partial charge >= 0.3 is 5.97 Å². The fourth-order valence-corrected chi connectivity index (χ4v) is 2.40. The van der Waals surface area contributed by atoms with Crippen molar-refractivity contribution in [2.24, 2.45) is 4.99 Å². The Bertz CT molecular complexity index is 599. The first-order chi connectivity index (χ1) is 8.83. The van der Waals surface area contributed by atoms with Crippen LogP contribution >= 0.6 is 0 Å². The number of dihydropyridines is 1. The maximum atomic E-state index is 11.9. The predicted molar refractivity (Wildman–Crippen MR) is 66.9 cm³/mol. The maximum absolute atomic E-state index is 11.9. The number of hydrogen-bond acceptors (Lipinski definition) is 4. The highest BCUT2D eigenvalue weighted by atomic mass is 16.6. The van der Waals surface area contributed by atoms with Crippen LogP contribution in [0.15, 0.2) is 47.0 Å². The number of aliphatic hydroxyl groups is 1. The minimum Gasteiger partial charge on any atom is -0.435 e. The van der Waals surface area contributed by atoms with E-state index in [0.717, 1.165) is 16.7 Å². The quantitative estimate of drug-likeness (QED) is 0.632. The van der Waals surface area contributed by atoms with Gasteiger partial charge in [0.05, 0.1) is 5.57 Å². The van der Waals surface area contributed by atoms with Gasteiger partial charge in [0.25, 0.3) is 0 Å². The van der Waals surface area contributed by atoms with Crippen LogP contribution in [0.5, 0.6) is 0 Å². The number of aliphatic imine (C=N–C) groups is 1. The lowest BCUT2D eigenvalue weighted by Crippen LogP contribution is -2.08. The molecule has 1 N–H and O–H groups in total. The summed E-state index contributed by atoms with van der Waals surface area (Å²) in [6, 6.07) is 7.49. The van der Waals surface area contributed by atoms with Crippen molar-refractivity contribution in [3.05, 3.63) is 53.1 Å². The molecule has 0 spiro atoms. The number of benzene rings is 1. The Morgan fingerprint density at radius 2 is 2.22 bits per heavy atom. The van der Waals surface area contributed by atoms with Crippen LogP contribution in [0.25, 0.3) is 5.57 Å². The number of hydrogen-bond donors (Lipinski definition) is 1. The van der Waals surface area contributed by atoms with Gasteiger partial charge in [-0.25, -0.2) is 4.79 Å². The van der Waals surface area contributed by atoms with Gasteiger partial charge in [-0.1, -0.05) is 30.3 Å². The fraction of sp³-hybridized carbons (Fsp3) is 0.143. The molecule has 1 aromatic rings. The Morgan fingerprint density at radius 1 is 1.39 bits per heavy atom. The number of fused-ring (bicyclic) bond motifs is 3. The van der Waals surface area contributed by atoms with Gasteiger partial charge < -0.3 is 9.84 Å². The zero-order valence-corrected chi connectivity index (χ0v) is 9.54. The molecule has 0 saturated heterocycles. The number of aliphatic hydroxyl groups excluding tert-OH is 1. The van der Waals surface area contributed by atoms with E-state index in [-0.39, 0.29) is 6.04 Å². The lowest BCUT2D eigenvalue weighted by atomic mass is 10.0. The van der Waals surface area contributed by atoms with E-state index in [1.807, 2.05) is 30.3 Å². The number of rotatable bonds is 2. The summed E-state index contributed by atoms with van der Waals surface area (Å²) in [5, 5.41) is 8.73. The summed E-state index contributed by atoms with van der Waals surface area (Å²) in [6.07, 6.45) is 5.39. The van der Waals surface area contributed by atoms with Crippen molar-refractivity contribution >= 4 is 17.8 Å². The molecule has 0 radical (unpaired) electrons. The van der Waals surface area contributed by atoms with E-state index in [1.54, 1.807) is 12.3 Å². The molecule has 1 aliphatic carbocycles. The van der Waals surface area contributed by atoms with Gasteiger partial charge in [-0.3, -0.25) is 4.99 Å². The van der Waals surface area contributed by atoms with Crippen LogP contribution in [0.1, 0.15) is 17.2 Å². The van der Waals surface area contributed by atoms with Crippen molar-refractivity contribution in [2.75, 3.05) is 6.79 Å². The predicted octanol–water partition coefficient (Wildman–Crippen LogP) is 1.63. The van der Waals surface area contributed by atoms with Crippen LogP contribution in [-0.2, 0) is 9.53 Å². The van der Waals surface area contributed by atoms with E-state index >= 15 is 0 Å². The molecule has 1 atom stereocenters. The topological polar surface area (TPSA) is 58.9 Å². The molecule has 0 amide bonds. The third-order valence-corrected chi connectivity index (χ3v) is 3.10. The summed E-state index contributed by atoms with van der Waals surface area (Å²) in [7, 11) is 0. The fourth-order valence-electron chi connectivity index (χ4n) is 2.40. The van der Waals surface area contributed by atoms with Gasteiger partial charge in [0.15, 0.2) is 6.79 Å². The SMILES string of the molecule is O=C(OCO)C1=C2C=CC=NC2c2ccccc21. The molecule has 1 heterocycles. The molecule has 90 valence electrons. The van der Waals surface area contributed by atoms with Crippen LogP contribution in [-0.4, -0.2) is 24.1 Å². The van der Waals surface area contributed by atoms with Crippen LogP contribution in [0.4, 0.5) is 0 Å². The van der Waals surface area contributed by atoms with Crippen LogP contribution in [0, 0.1) is 0 Å². The normalized spacial score (nSPS) is 19.7. The number of esters is 1. The smallest absolute Gasteiger partial charge is 0.341 e. The number of nitrogens with zero attached hydrogens (tertiary/aromatic N) is 1. The van der Waals surface area contributed by atoms with Gasteiger partial charge in [0.1, 0.15) is 6.04 Å². The summed E-state index contributed by atoms with van der Waals surface area (Å²) in [5.41, 5.74) is 3.16. The average Bonchev–Trinajstić information content (AvgIpc) is 2.73. The first-order valence-electron chi connectivity index (χ1n) is 5.64. The van der Waals surface area contributed by atoms with E-state index in [4.69, 9.17) is 9.84 Å². The average molecular weight is 241 g/mol. The summed E-state index contributed by atoms with van der Waals surface area (Å²) in [5.74, 6) is -0.510. The molecule has 2 aliphatic rings. The molecule has 4 heteroatoms. The van der Waals surface area contributed by atoms with E-state index in [2.05, 4.69) is 4.99 Å². The van der Waals surface area contributed by atoms with Gasteiger partial charge in [0, 0.05) is 6.21 Å². The molecule has 1 aromatic carbocycles. The van der Waals surface area contributed by atoms with Crippen LogP contribution < -0.4 is 0 Å². The summed E-state index contributed by atoms with van der Waals surface area (Å²) in [4.78, 5) is 16.3. The number of carbonyl (C=O) groups is 1. The van der Waals surface area contributed by atoms with Crippen molar-refractivity contribution < 1.29 is 14.6 Å². The van der Waals surface area contributed by atoms with Gasteiger partial charge in [-0.15, -0.1) is 0 Å². The molecule has 0 saturated carbocycles. The Morgan fingerprint density at radius 3 is 3.06 bits per heavy atom. The van der Waals surface area contributed by atoms with E-state index in [0.29, 0.717) is 5.57 Å². The van der Waals surface area contributed by atoms with E-state index in [1.165, 1.54) is 0 Å². The van der Waals surface area contributed by atoms with Crippen molar-refractivity contribution in [1.82, 2.24) is 0 Å². The van der Waals surface area contributed by atoms with Gasteiger partial charge in [-0.2, -0.15) is 0 Å². The first kappa shape index (κ1) is 10.9. The first-order valence-corrected chi connectivity index (χ1v) is 5.64. The lowest BCUT2D eigenvalue weighted by Gasteiger charge is -2.11. The number of allylic oxidation sites excluding steroid dienone is 1. The summed E-state index contributed by atoms with van der Waals surface area (Å²) >= 11 is 0. The molecule has 0 bridgehead atoms. The largest absolute Gasteiger partial charge is 0.435 e. The Kier molecular flexibility index (Phi) is 2.57. The highest BCUT2D eigenvalue weighted by Gasteiger charge is 2.34. The monoisotopic (exact) mass is 241 g/mol. The second-order valence-electron chi connectivity index (χ2n) is 4.04. The molecule has 1 aliphatic heterocycles. The van der Waals surface area contributed by atoms with Crippen LogP contribution in [0.3, 0.4) is 0 Å². The summed E-state index contributed by atoms with van der Waals surface area (Å²) in [6.45, 7) is -0.616. The molecule has 3 rings (SSSR count). The van der Waals surface area contributed by atoms with E-state index in [9.17, 15) is 4.79 Å². The molecule has 4 nitrogen and oxygen atoms in total. The zero-order chi connectivity index (χ0) is 12.5. The third-order valence-electron chi connectivity index (χ3n) is 3.10. The standard InChI is InChI=1S/C14H11NO3/c16-8-18-14(17)12-9-4-1-2-5-10(9)13-11(12)6-3-7-15-13/h1-7,13,16H,8H2. The van der Waals surface area contributed by atoms with Crippen LogP contribution in [0.2, 0.25) is 0 Å². The van der Waals surface area contributed by atoms with Crippen molar-refractivity contribution in [3.8, 4) is 0 Å². The molecule has 0 aromatic heterocycles. The van der Waals surface area contributed by atoms with E-state index < -0.39 is 12.8 Å². The Labute approximate surface area is 104 Å². The van der Waals surface area contributed by atoms with Gasteiger partial charge in [0.2, 0.25) is 0 Å². The van der Waals surface area contributed by atoms with Gasteiger partial charge in [-0.05, 0) is 22.8 Å². The summed E-state index contributed by atoms with van der Waals surface area (Å²) < 4.78 is 4.70. The third kappa shape index (κ3) is 1.50. The number of ether oxygens (including phenoxy) is 1. The zero-order valence-electron chi connectivity index (χ0n) is 9.54. The van der Waals surface area contributed by atoms with Crippen molar-refractivity contribution in [2.45, 2.75) is 6.04 Å². The maximum Gasteiger partial charge on any atom is 0.341 e. The minimum atomic E-state index is -0.616. The van der Waals surface area contributed by atoms with Crippen molar-refractivity contribution in [3.63, 3.8) is 0 Å². The Balaban J connectivity index is 2.17. The Hall–Kier alpha value is -2.20. The second kappa shape index (κ2) is 4.23. The van der Waals surface area contributed by atoms with Crippen molar-refractivity contribution in [1.29, 1.82) is 0 Å². The molecular formula is C14H11NO3. The molecule has 0 fully saturated rings. The second-order valence-corrected chi connectivity index (χ2v) is 4.04. The minimum absolute atomic E-state index is 0.132. The highest BCUT2D eigenvalue weighted by Crippen LogP contribution is 2.44.